The van der Waals surface area contributed by atoms with E-state index >= 15 is 0 Å². The zero-order chi connectivity index (χ0) is 13.8. The van der Waals surface area contributed by atoms with Gasteiger partial charge in [0.05, 0.1) is 5.02 Å². The average molecular weight is 284 g/mol. The van der Waals surface area contributed by atoms with Crippen LogP contribution in [0.25, 0.3) is 0 Å². The Morgan fingerprint density at radius 1 is 1.42 bits per heavy atom. The molecule has 1 aromatic carbocycles. The topological polar surface area (TPSA) is 26.0 Å². The van der Waals surface area contributed by atoms with E-state index in [9.17, 15) is 4.39 Å². The van der Waals surface area contributed by atoms with Gasteiger partial charge in [-0.25, -0.2) is 4.39 Å². The SMILES string of the molecule is CCC1CCCC(C(N)Cc2ccc(Cl)c(F)c2)C1. The molecule has 1 fully saturated rings. The van der Waals surface area contributed by atoms with E-state index in [4.69, 9.17) is 17.3 Å². The maximum atomic E-state index is 13.4. The highest BCUT2D eigenvalue weighted by atomic mass is 35.5. The lowest BCUT2D eigenvalue weighted by atomic mass is 9.76. The van der Waals surface area contributed by atoms with Crippen LogP contribution < -0.4 is 5.73 Å². The Morgan fingerprint density at radius 3 is 2.89 bits per heavy atom. The maximum absolute atomic E-state index is 13.4. The standard InChI is InChI=1S/C16H23ClFN/c1-2-11-4-3-5-13(8-11)16(19)10-12-6-7-14(17)15(18)9-12/h6-7,9,11,13,16H,2-5,8,10,19H2,1H3. The van der Waals surface area contributed by atoms with Crippen molar-refractivity contribution in [1.82, 2.24) is 0 Å². The third-order valence-electron chi connectivity index (χ3n) is 4.46. The molecule has 0 bridgehead atoms. The van der Waals surface area contributed by atoms with Crippen molar-refractivity contribution >= 4 is 11.6 Å². The maximum Gasteiger partial charge on any atom is 0.142 e. The minimum atomic E-state index is -0.346. The van der Waals surface area contributed by atoms with Crippen molar-refractivity contribution in [3.8, 4) is 0 Å². The Labute approximate surface area is 120 Å². The molecule has 0 saturated heterocycles. The Morgan fingerprint density at radius 2 is 2.21 bits per heavy atom. The van der Waals surface area contributed by atoms with E-state index in [0.29, 0.717) is 5.92 Å². The van der Waals surface area contributed by atoms with Crippen molar-refractivity contribution in [2.24, 2.45) is 17.6 Å². The molecule has 106 valence electrons. The Bertz CT molecular complexity index is 421. The van der Waals surface area contributed by atoms with Crippen molar-refractivity contribution in [3.63, 3.8) is 0 Å². The van der Waals surface area contributed by atoms with E-state index in [-0.39, 0.29) is 16.9 Å². The molecule has 3 atom stereocenters. The molecular weight excluding hydrogens is 261 g/mol. The van der Waals surface area contributed by atoms with Gasteiger partial charge < -0.3 is 5.73 Å². The van der Waals surface area contributed by atoms with Gasteiger partial charge >= 0.3 is 0 Å². The second-order valence-electron chi connectivity index (χ2n) is 5.82. The summed E-state index contributed by atoms with van der Waals surface area (Å²) in [5.74, 6) is 1.06. The summed E-state index contributed by atoms with van der Waals surface area (Å²) < 4.78 is 13.4. The predicted octanol–water partition coefficient (Wildman–Crippen LogP) is 4.57. The molecule has 0 radical (unpaired) electrons. The minimum Gasteiger partial charge on any atom is -0.327 e. The molecule has 19 heavy (non-hydrogen) atoms. The third-order valence-corrected chi connectivity index (χ3v) is 4.77. The summed E-state index contributed by atoms with van der Waals surface area (Å²) in [5, 5.41) is 0.182. The van der Waals surface area contributed by atoms with Crippen LogP contribution in [0.5, 0.6) is 0 Å². The van der Waals surface area contributed by atoms with Gasteiger partial charge in [0.25, 0.3) is 0 Å². The summed E-state index contributed by atoms with van der Waals surface area (Å²) >= 11 is 5.70. The Balaban J connectivity index is 1.96. The molecule has 0 heterocycles. The first kappa shape index (κ1) is 14.8. The van der Waals surface area contributed by atoms with E-state index in [1.807, 2.05) is 6.07 Å². The highest BCUT2D eigenvalue weighted by Gasteiger charge is 2.25. The van der Waals surface area contributed by atoms with Crippen molar-refractivity contribution in [3.05, 3.63) is 34.6 Å². The van der Waals surface area contributed by atoms with Gasteiger partial charge in [0.15, 0.2) is 0 Å². The summed E-state index contributed by atoms with van der Waals surface area (Å²) in [6.45, 7) is 2.26. The van der Waals surface area contributed by atoms with Gasteiger partial charge in [-0.05, 0) is 48.8 Å². The fraction of sp³-hybridized carbons (Fsp3) is 0.625. The van der Waals surface area contributed by atoms with Gasteiger partial charge in [-0.1, -0.05) is 43.9 Å². The molecule has 2 rings (SSSR count). The number of benzene rings is 1. The second kappa shape index (κ2) is 6.71. The van der Waals surface area contributed by atoms with Crippen LogP contribution in [0.2, 0.25) is 5.02 Å². The molecule has 1 nitrogen and oxygen atoms in total. The monoisotopic (exact) mass is 283 g/mol. The van der Waals surface area contributed by atoms with Crippen molar-refractivity contribution < 1.29 is 4.39 Å². The van der Waals surface area contributed by atoms with Crippen molar-refractivity contribution in [2.75, 3.05) is 0 Å². The van der Waals surface area contributed by atoms with Crippen LogP contribution in [-0.4, -0.2) is 6.04 Å². The van der Waals surface area contributed by atoms with Gasteiger partial charge in [-0.3, -0.25) is 0 Å². The minimum absolute atomic E-state index is 0.134. The van der Waals surface area contributed by atoms with E-state index in [1.54, 1.807) is 6.07 Å². The fourth-order valence-electron chi connectivity index (χ4n) is 3.20. The highest BCUT2D eigenvalue weighted by molar-refractivity contribution is 6.30. The molecule has 0 amide bonds. The zero-order valence-corrected chi connectivity index (χ0v) is 12.3. The molecule has 1 aliphatic carbocycles. The van der Waals surface area contributed by atoms with Crippen LogP contribution in [0, 0.1) is 17.7 Å². The normalized spacial score (nSPS) is 25.3. The predicted molar refractivity (Wildman–Crippen MR) is 78.8 cm³/mol. The number of halogens is 2. The van der Waals surface area contributed by atoms with Gasteiger partial charge in [-0.15, -0.1) is 0 Å². The molecular formula is C16H23ClFN. The summed E-state index contributed by atoms with van der Waals surface area (Å²) in [6.07, 6.45) is 7.07. The first-order valence-electron chi connectivity index (χ1n) is 7.29. The van der Waals surface area contributed by atoms with Gasteiger partial charge in [0, 0.05) is 6.04 Å². The Hall–Kier alpha value is -0.600. The number of hydrogen-bond acceptors (Lipinski definition) is 1. The molecule has 1 aromatic rings. The van der Waals surface area contributed by atoms with Crippen LogP contribution in [-0.2, 0) is 6.42 Å². The van der Waals surface area contributed by atoms with Gasteiger partial charge in [0.1, 0.15) is 5.82 Å². The molecule has 0 spiro atoms. The summed E-state index contributed by atoms with van der Waals surface area (Å²) in [6, 6.07) is 5.15. The quantitative estimate of drug-likeness (QED) is 0.861. The smallest absolute Gasteiger partial charge is 0.142 e. The second-order valence-corrected chi connectivity index (χ2v) is 6.22. The Kier molecular flexibility index (Phi) is 5.23. The zero-order valence-electron chi connectivity index (χ0n) is 11.5. The van der Waals surface area contributed by atoms with Crippen molar-refractivity contribution in [1.29, 1.82) is 0 Å². The first-order chi connectivity index (χ1) is 9.10. The number of hydrogen-bond donors (Lipinski definition) is 1. The van der Waals surface area contributed by atoms with E-state index in [2.05, 4.69) is 6.92 Å². The van der Waals surface area contributed by atoms with Crippen molar-refractivity contribution in [2.45, 2.75) is 51.5 Å². The van der Waals surface area contributed by atoms with Gasteiger partial charge in [-0.2, -0.15) is 0 Å². The molecule has 3 unspecified atom stereocenters. The molecule has 2 N–H and O–H groups in total. The highest BCUT2D eigenvalue weighted by Crippen LogP contribution is 2.33. The molecule has 0 aromatic heterocycles. The number of nitrogens with two attached hydrogens (primary N) is 1. The molecule has 3 heteroatoms. The lowest BCUT2D eigenvalue weighted by Gasteiger charge is -2.32. The van der Waals surface area contributed by atoms with Crippen LogP contribution in [0.4, 0.5) is 4.39 Å². The van der Waals surface area contributed by atoms with E-state index in [1.165, 1.54) is 38.2 Å². The lowest BCUT2D eigenvalue weighted by molar-refractivity contribution is 0.228. The van der Waals surface area contributed by atoms with E-state index in [0.717, 1.165) is 17.9 Å². The average Bonchev–Trinajstić information content (AvgIpc) is 2.43. The number of rotatable bonds is 4. The van der Waals surface area contributed by atoms with E-state index < -0.39 is 0 Å². The fourth-order valence-corrected chi connectivity index (χ4v) is 3.32. The largest absolute Gasteiger partial charge is 0.327 e. The van der Waals surface area contributed by atoms with Crippen LogP contribution >= 0.6 is 11.6 Å². The van der Waals surface area contributed by atoms with Crippen LogP contribution in [0.3, 0.4) is 0 Å². The summed E-state index contributed by atoms with van der Waals surface area (Å²) in [5.41, 5.74) is 7.28. The summed E-state index contributed by atoms with van der Waals surface area (Å²) in [7, 11) is 0. The van der Waals surface area contributed by atoms with Crippen LogP contribution in [0.1, 0.15) is 44.6 Å². The molecule has 1 saturated carbocycles. The lowest BCUT2D eigenvalue weighted by Crippen LogP contribution is -2.35. The molecule has 1 aliphatic rings. The first-order valence-corrected chi connectivity index (χ1v) is 7.67. The third kappa shape index (κ3) is 3.93. The summed E-state index contributed by atoms with van der Waals surface area (Å²) in [4.78, 5) is 0. The van der Waals surface area contributed by atoms with Crippen LogP contribution in [0.15, 0.2) is 18.2 Å². The van der Waals surface area contributed by atoms with Gasteiger partial charge in [0.2, 0.25) is 0 Å². The molecule has 0 aliphatic heterocycles.